The third-order valence-corrected chi connectivity index (χ3v) is 8.60. The minimum Gasteiger partial charge on any atom is -0.379 e. The molecule has 1 aliphatic carbocycles. The fraction of sp³-hybridized carbons (Fsp3) is 0.483. The number of ether oxygens (including phenoxy) is 1. The molecular weight excluding hydrogens is 469 g/mol. The lowest BCUT2D eigenvalue weighted by molar-refractivity contribution is -0.0611. The van der Waals surface area contributed by atoms with Gasteiger partial charge in [0.1, 0.15) is 18.3 Å². The van der Waals surface area contributed by atoms with Crippen LogP contribution in [0, 0.1) is 0 Å². The fourth-order valence-corrected chi connectivity index (χ4v) is 6.24. The van der Waals surface area contributed by atoms with Gasteiger partial charge in [-0.05, 0) is 65.6 Å². The molecule has 2 saturated heterocycles. The second kappa shape index (κ2) is 8.74. The maximum atomic E-state index is 13.8. The molecule has 3 aliphatic heterocycles. The Balaban J connectivity index is 1.18. The van der Waals surface area contributed by atoms with Crippen molar-refractivity contribution in [2.75, 3.05) is 31.2 Å². The van der Waals surface area contributed by atoms with Gasteiger partial charge in [-0.15, -0.1) is 10.2 Å². The smallest absolute Gasteiger partial charge is 0.258 e. The number of halogens is 1. The number of carbonyl (C=O) groups is 1. The molecular formula is C29H32FN5O2. The molecule has 0 radical (unpaired) electrons. The van der Waals surface area contributed by atoms with Gasteiger partial charge in [0.05, 0.1) is 19.8 Å². The molecule has 8 heteroatoms. The molecule has 2 aromatic carbocycles. The van der Waals surface area contributed by atoms with E-state index in [4.69, 9.17) is 4.74 Å². The number of amides is 1. The summed E-state index contributed by atoms with van der Waals surface area (Å²) in [6, 6.07) is 12.7. The topological polar surface area (TPSA) is 63.5 Å². The molecule has 3 aromatic rings. The molecule has 192 valence electrons. The van der Waals surface area contributed by atoms with Crippen LogP contribution in [0.3, 0.4) is 0 Å². The van der Waals surface area contributed by atoms with Crippen molar-refractivity contribution in [3.63, 3.8) is 0 Å². The number of nitrogens with zero attached hydrogens (tertiary/aromatic N) is 5. The molecule has 0 bridgehead atoms. The van der Waals surface area contributed by atoms with E-state index in [2.05, 4.69) is 39.4 Å². The molecule has 4 heterocycles. The molecule has 7 nitrogen and oxygen atoms in total. The predicted molar refractivity (Wildman–Crippen MR) is 137 cm³/mol. The zero-order valence-electron chi connectivity index (χ0n) is 21.2. The van der Waals surface area contributed by atoms with E-state index in [0.29, 0.717) is 45.2 Å². The number of benzene rings is 2. The highest BCUT2D eigenvalue weighted by molar-refractivity contribution is 6.10. The highest BCUT2D eigenvalue weighted by atomic mass is 19.1. The van der Waals surface area contributed by atoms with Crippen LogP contribution >= 0.6 is 0 Å². The highest BCUT2D eigenvalue weighted by Gasteiger charge is 2.42. The summed E-state index contributed by atoms with van der Waals surface area (Å²) in [6.07, 6.45) is 4.70. The van der Waals surface area contributed by atoms with Crippen molar-refractivity contribution in [1.29, 1.82) is 0 Å². The number of aryl methyl sites for hydroxylation is 1. The summed E-state index contributed by atoms with van der Waals surface area (Å²) in [7, 11) is 1.96. The van der Waals surface area contributed by atoms with Crippen molar-refractivity contribution >= 4 is 11.6 Å². The Kier molecular flexibility index (Phi) is 5.44. The van der Waals surface area contributed by atoms with E-state index in [9.17, 15) is 9.18 Å². The number of hydrogen-bond acceptors (Lipinski definition) is 5. The lowest BCUT2D eigenvalue weighted by Gasteiger charge is -2.42. The Labute approximate surface area is 216 Å². The van der Waals surface area contributed by atoms with Crippen LogP contribution in [0.5, 0.6) is 0 Å². The van der Waals surface area contributed by atoms with Crippen LogP contribution in [0.15, 0.2) is 42.7 Å². The molecule has 3 fully saturated rings. The number of aromatic nitrogens is 3. The summed E-state index contributed by atoms with van der Waals surface area (Å²) < 4.78 is 21.4. The zero-order chi connectivity index (χ0) is 25.1. The summed E-state index contributed by atoms with van der Waals surface area (Å²) in [5.74, 6) is 1.53. The second-order valence-corrected chi connectivity index (χ2v) is 11.4. The number of anilines is 1. The minimum atomic E-state index is -0.736. The van der Waals surface area contributed by atoms with Crippen LogP contribution in [-0.4, -0.2) is 58.0 Å². The Hall–Kier alpha value is -3.10. The van der Waals surface area contributed by atoms with Gasteiger partial charge in [-0.25, -0.2) is 4.39 Å². The molecule has 0 spiro atoms. The molecule has 1 aromatic heterocycles. The summed E-state index contributed by atoms with van der Waals surface area (Å²) >= 11 is 0. The SMILES string of the molecule is Cn1cnnc1CC1(c2cccc(N3Cc4c(cc(CN5CC[C@H](F)C5)cc4C4CC4)C3=O)c2)COC1. The summed E-state index contributed by atoms with van der Waals surface area (Å²) in [4.78, 5) is 17.9. The van der Waals surface area contributed by atoms with Gasteiger partial charge in [-0.1, -0.05) is 18.2 Å². The van der Waals surface area contributed by atoms with E-state index in [1.165, 1.54) is 29.5 Å². The molecule has 1 saturated carbocycles. The first-order valence-electron chi connectivity index (χ1n) is 13.3. The number of alkyl halides is 1. The Bertz CT molecular complexity index is 1360. The normalized spacial score (nSPS) is 22.9. The lowest BCUT2D eigenvalue weighted by Crippen LogP contribution is -2.49. The van der Waals surface area contributed by atoms with Crippen LogP contribution in [0.4, 0.5) is 10.1 Å². The van der Waals surface area contributed by atoms with E-state index < -0.39 is 6.17 Å². The number of fused-ring (bicyclic) bond motifs is 1. The fourth-order valence-electron chi connectivity index (χ4n) is 6.24. The van der Waals surface area contributed by atoms with Gasteiger partial charge in [0.15, 0.2) is 0 Å². The van der Waals surface area contributed by atoms with Gasteiger partial charge in [-0.2, -0.15) is 0 Å². The molecule has 0 N–H and O–H groups in total. The van der Waals surface area contributed by atoms with Gasteiger partial charge in [-0.3, -0.25) is 9.69 Å². The Morgan fingerprint density at radius 2 is 2.03 bits per heavy atom. The van der Waals surface area contributed by atoms with Gasteiger partial charge in [0.2, 0.25) is 0 Å². The number of rotatable bonds is 7. The van der Waals surface area contributed by atoms with Gasteiger partial charge < -0.3 is 14.2 Å². The molecule has 1 atom stereocenters. The van der Waals surface area contributed by atoms with E-state index in [-0.39, 0.29) is 11.3 Å². The molecule has 7 rings (SSSR count). The first-order valence-corrected chi connectivity index (χ1v) is 13.3. The summed E-state index contributed by atoms with van der Waals surface area (Å²) in [6.45, 7) is 3.84. The minimum absolute atomic E-state index is 0.0629. The Morgan fingerprint density at radius 1 is 1.16 bits per heavy atom. The van der Waals surface area contributed by atoms with Crippen LogP contribution in [0.2, 0.25) is 0 Å². The van der Waals surface area contributed by atoms with Gasteiger partial charge in [0, 0.05) is 49.8 Å². The van der Waals surface area contributed by atoms with Crippen LogP contribution in [-0.2, 0) is 36.7 Å². The third kappa shape index (κ3) is 4.07. The van der Waals surface area contributed by atoms with Gasteiger partial charge in [0.25, 0.3) is 5.91 Å². The summed E-state index contributed by atoms with van der Waals surface area (Å²) in [5.41, 5.74) is 6.37. The van der Waals surface area contributed by atoms with Crippen molar-refractivity contribution in [2.24, 2.45) is 7.05 Å². The molecule has 1 amide bonds. The maximum Gasteiger partial charge on any atom is 0.258 e. The quantitative estimate of drug-likeness (QED) is 0.491. The summed E-state index contributed by atoms with van der Waals surface area (Å²) in [5, 5.41) is 8.34. The third-order valence-electron chi connectivity index (χ3n) is 8.60. The van der Waals surface area contributed by atoms with Crippen LogP contribution in [0.1, 0.15) is 63.6 Å². The number of likely N-dealkylation sites (tertiary alicyclic amines) is 1. The highest BCUT2D eigenvalue weighted by Crippen LogP contribution is 2.46. The molecule has 37 heavy (non-hydrogen) atoms. The van der Waals surface area contributed by atoms with Crippen molar-refractivity contribution in [1.82, 2.24) is 19.7 Å². The van der Waals surface area contributed by atoms with Crippen molar-refractivity contribution in [3.8, 4) is 0 Å². The average Bonchev–Trinajstić information content (AvgIpc) is 3.40. The van der Waals surface area contributed by atoms with E-state index >= 15 is 0 Å². The van der Waals surface area contributed by atoms with Crippen LogP contribution in [0.25, 0.3) is 0 Å². The number of carbonyl (C=O) groups excluding carboxylic acids is 1. The van der Waals surface area contributed by atoms with E-state index in [1.54, 1.807) is 6.33 Å². The monoisotopic (exact) mass is 501 g/mol. The Morgan fingerprint density at radius 3 is 2.70 bits per heavy atom. The van der Waals surface area contributed by atoms with E-state index in [1.807, 2.05) is 28.6 Å². The van der Waals surface area contributed by atoms with Gasteiger partial charge >= 0.3 is 0 Å². The largest absolute Gasteiger partial charge is 0.379 e. The lowest BCUT2D eigenvalue weighted by atomic mass is 9.75. The first kappa shape index (κ1) is 23.0. The van der Waals surface area contributed by atoms with Crippen molar-refractivity contribution in [2.45, 2.75) is 56.3 Å². The standard InChI is InChI=1S/C29H32FN5O2/c1-33-18-31-32-27(33)12-29(16-37-17-29)21-3-2-4-23(11-21)35-15-26-24(20-5-6-20)9-19(10-25(26)28(35)36)13-34-8-7-22(30)14-34/h2-4,9-11,18,20,22H,5-8,12-17H2,1H3/t22-/m0/s1. The van der Waals surface area contributed by atoms with Crippen molar-refractivity contribution < 1.29 is 13.9 Å². The molecule has 4 aliphatic rings. The van der Waals surface area contributed by atoms with Crippen molar-refractivity contribution in [3.05, 3.63) is 76.4 Å². The maximum absolute atomic E-state index is 13.8. The van der Waals surface area contributed by atoms with E-state index in [0.717, 1.165) is 35.6 Å². The first-order chi connectivity index (χ1) is 18.0. The van der Waals surface area contributed by atoms with Crippen LogP contribution < -0.4 is 4.90 Å². The predicted octanol–water partition coefficient (Wildman–Crippen LogP) is 3.91. The second-order valence-electron chi connectivity index (χ2n) is 11.4. The average molecular weight is 502 g/mol. The molecule has 0 unspecified atom stereocenters. The zero-order valence-corrected chi connectivity index (χ0v) is 21.2. The number of hydrogen-bond donors (Lipinski definition) is 0.